The molecule has 3 amide bonds. The molecule has 8 nitrogen and oxygen atoms in total. The van der Waals surface area contributed by atoms with Gasteiger partial charge in [0.1, 0.15) is 0 Å². The molecule has 0 fully saturated rings. The minimum absolute atomic E-state index is 0.0398. The zero-order valence-electron chi connectivity index (χ0n) is 20.3. The lowest BCUT2D eigenvalue weighted by Gasteiger charge is -2.39. The molecular formula is C26H34N4O4. The van der Waals surface area contributed by atoms with Crippen LogP contribution in [0.5, 0.6) is 0 Å². The first-order chi connectivity index (χ1) is 16.2. The fraction of sp³-hybridized carbons (Fsp3) is 0.423. The number of anilines is 1. The van der Waals surface area contributed by atoms with Crippen molar-refractivity contribution in [1.82, 2.24) is 10.6 Å². The van der Waals surface area contributed by atoms with Gasteiger partial charge in [-0.25, -0.2) is 4.79 Å². The fourth-order valence-electron chi connectivity index (χ4n) is 4.33. The summed E-state index contributed by atoms with van der Waals surface area (Å²) in [5.41, 5.74) is 9.93. The number of nitrogens with one attached hydrogen (secondary N) is 2. The molecule has 0 aliphatic carbocycles. The van der Waals surface area contributed by atoms with E-state index in [9.17, 15) is 14.4 Å². The molecule has 8 heteroatoms. The number of rotatable bonds is 7. The number of fused-ring (bicyclic) bond motifs is 1. The van der Waals surface area contributed by atoms with Gasteiger partial charge in [-0.15, -0.1) is 0 Å². The molecule has 2 unspecified atom stereocenters. The van der Waals surface area contributed by atoms with Crippen LogP contribution in [0, 0.1) is 0 Å². The molecular weight excluding hydrogens is 432 g/mol. The van der Waals surface area contributed by atoms with E-state index in [1.54, 1.807) is 25.7 Å². The number of hydrogen-bond acceptors (Lipinski definition) is 5. The summed E-state index contributed by atoms with van der Waals surface area (Å²) in [4.78, 5) is 38.4. The smallest absolute Gasteiger partial charge is 0.407 e. The minimum Gasteiger partial charge on any atom is -0.447 e. The topological polar surface area (TPSA) is 114 Å². The van der Waals surface area contributed by atoms with Crippen LogP contribution in [0.25, 0.3) is 11.1 Å². The van der Waals surface area contributed by atoms with Crippen molar-refractivity contribution in [2.75, 3.05) is 18.0 Å². The van der Waals surface area contributed by atoms with E-state index >= 15 is 0 Å². The maximum absolute atomic E-state index is 12.4. The van der Waals surface area contributed by atoms with Crippen LogP contribution >= 0.6 is 0 Å². The van der Waals surface area contributed by atoms with E-state index < -0.39 is 6.09 Å². The first kappa shape index (κ1) is 25.2. The van der Waals surface area contributed by atoms with Gasteiger partial charge in [-0.2, -0.15) is 0 Å². The van der Waals surface area contributed by atoms with Crippen LogP contribution < -0.4 is 21.3 Å². The number of amides is 3. The van der Waals surface area contributed by atoms with E-state index in [4.69, 9.17) is 10.5 Å². The maximum atomic E-state index is 12.4. The Morgan fingerprint density at radius 3 is 2.41 bits per heavy atom. The fourth-order valence-corrected chi connectivity index (χ4v) is 4.33. The van der Waals surface area contributed by atoms with Crippen LogP contribution in [-0.4, -0.2) is 43.1 Å². The molecule has 2 aromatic carbocycles. The Morgan fingerprint density at radius 2 is 1.79 bits per heavy atom. The highest BCUT2D eigenvalue weighted by Crippen LogP contribution is 2.39. The van der Waals surface area contributed by atoms with Crippen molar-refractivity contribution < 1.29 is 19.1 Å². The SMILES string of the molecule is CC(=O)N1c2ccc(-c3ccc(CC(=O)NCCN)cc3)cc2C(NC(=O)OC(C)C)CC1C. The Bertz CT molecular complexity index is 1040. The van der Waals surface area contributed by atoms with Gasteiger partial charge in [-0.05, 0) is 61.6 Å². The largest absolute Gasteiger partial charge is 0.447 e. The second-order valence-corrected chi connectivity index (χ2v) is 8.91. The lowest BCUT2D eigenvalue weighted by atomic mass is 9.89. The number of carbonyl (C=O) groups excluding carboxylic acids is 3. The van der Waals surface area contributed by atoms with Crippen LogP contribution in [0.15, 0.2) is 42.5 Å². The summed E-state index contributed by atoms with van der Waals surface area (Å²) in [6, 6.07) is 13.4. The van der Waals surface area contributed by atoms with E-state index in [0.29, 0.717) is 25.9 Å². The van der Waals surface area contributed by atoms with Crippen LogP contribution in [0.4, 0.5) is 10.5 Å². The average molecular weight is 467 g/mol. The lowest BCUT2D eigenvalue weighted by molar-refractivity contribution is -0.120. The van der Waals surface area contributed by atoms with Crippen LogP contribution in [0.3, 0.4) is 0 Å². The highest BCUT2D eigenvalue weighted by Gasteiger charge is 2.33. The van der Waals surface area contributed by atoms with Crippen molar-refractivity contribution in [3.8, 4) is 11.1 Å². The van der Waals surface area contributed by atoms with E-state index in [1.807, 2.05) is 49.4 Å². The molecule has 3 rings (SSSR count). The molecule has 1 aliphatic heterocycles. The van der Waals surface area contributed by atoms with E-state index in [2.05, 4.69) is 10.6 Å². The molecule has 2 atom stereocenters. The summed E-state index contributed by atoms with van der Waals surface area (Å²) in [6.07, 6.45) is 0.175. The van der Waals surface area contributed by atoms with Gasteiger partial charge in [-0.1, -0.05) is 30.3 Å². The average Bonchev–Trinajstić information content (AvgIpc) is 2.77. The molecule has 0 radical (unpaired) electrons. The number of alkyl carbamates (subject to hydrolysis) is 1. The molecule has 34 heavy (non-hydrogen) atoms. The predicted molar refractivity (Wildman–Crippen MR) is 132 cm³/mol. The number of ether oxygens (including phenoxy) is 1. The lowest BCUT2D eigenvalue weighted by Crippen LogP contribution is -2.45. The van der Waals surface area contributed by atoms with Gasteiger partial charge in [0.15, 0.2) is 0 Å². The molecule has 0 saturated carbocycles. The molecule has 182 valence electrons. The quantitative estimate of drug-likeness (QED) is 0.579. The van der Waals surface area contributed by atoms with Crippen LogP contribution in [0.2, 0.25) is 0 Å². The normalized spacial score (nSPS) is 17.2. The van der Waals surface area contributed by atoms with Crippen molar-refractivity contribution in [2.45, 2.75) is 58.7 Å². The van der Waals surface area contributed by atoms with Crippen molar-refractivity contribution in [3.05, 3.63) is 53.6 Å². The van der Waals surface area contributed by atoms with Crippen molar-refractivity contribution in [2.24, 2.45) is 5.73 Å². The van der Waals surface area contributed by atoms with Gasteiger partial charge in [0.2, 0.25) is 11.8 Å². The van der Waals surface area contributed by atoms with E-state index in [1.165, 1.54) is 0 Å². The molecule has 0 aromatic heterocycles. The van der Waals surface area contributed by atoms with Gasteiger partial charge in [0.05, 0.1) is 18.6 Å². The third-order valence-corrected chi connectivity index (χ3v) is 5.77. The third-order valence-electron chi connectivity index (χ3n) is 5.77. The molecule has 0 spiro atoms. The summed E-state index contributed by atoms with van der Waals surface area (Å²) in [5, 5.41) is 5.74. The van der Waals surface area contributed by atoms with Gasteiger partial charge in [0.25, 0.3) is 0 Å². The van der Waals surface area contributed by atoms with Gasteiger partial charge < -0.3 is 26.0 Å². The zero-order valence-corrected chi connectivity index (χ0v) is 20.3. The minimum atomic E-state index is -0.475. The van der Waals surface area contributed by atoms with Crippen LogP contribution in [-0.2, 0) is 20.7 Å². The van der Waals surface area contributed by atoms with Crippen molar-refractivity contribution >= 4 is 23.6 Å². The van der Waals surface area contributed by atoms with Gasteiger partial charge in [-0.3, -0.25) is 9.59 Å². The first-order valence-corrected chi connectivity index (χ1v) is 11.7. The van der Waals surface area contributed by atoms with Gasteiger partial charge in [0, 0.05) is 31.7 Å². The van der Waals surface area contributed by atoms with E-state index in [0.717, 1.165) is 27.9 Å². The summed E-state index contributed by atoms with van der Waals surface area (Å²) in [7, 11) is 0. The first-order valence-electron chi connectivity index (χ1n) is 11.7. The van der Waals surface area contributed by atoms with Crippen molar-refractivity contribution in [3.63, 3.8) is 0 Å². The highest BCUT2D eigenvalue weighted by atomic mass is 16.6. The Kier molecular flexibility index (Phi) is 8.28. The molecule has 1 heterocycles. The van der Waals surface area contributed by atoms with E-state index in [-0.39, 0.29) is 30.0 Å². The van der Waals surface area contributed by atoms with Gasteiger partial charge >= 0.3 is 6.09 Å². The highest BCUT2D eigenvalue weighted by molar-refractivity contribution is 5.94. The molecule has 2 aromatic rings. The molecule has 0 bridgehead atoms. The standard InChI is InChI=1S/C26H34N4O4/c1-16(2)34-26(33)29-23-13-17(3)30(18(4)31)24-10-9-21(15-22(23)24)20-7-5-19(6-8-20)14-25(32)28-12-11-27/h5-10,15-17,23H,11-14,27H2,1-4H3,(H,28,32)(H,29,33). The summed E-state index contributed by atoms with van der Waals surface area (Å²) < 4.78 is 5.29. The number of carbonyl (C=O) groups is 3. The Balaban J connectivity index is 1.88. The number of nitrogens with zero attached hydrogens (tertiary/aromatic N) is 1. The molecule has 4 N–H and O–H groups in total. The predicted octanol–water partition coefficient (Wildman–Crippen LogP) is 3.29. The number of hydrogen-bond donors (Lipinski definition) is 3. The summed E-state index contributed by atoms with van der Waals surface area (Å²) in [5.74, 6) is -0.102. The number of benzene rings is 2. The second-order valence-electron chi connectivity index (χ2n) is 8.91. The third kappa shape index (κ3) is 6.14. The van der Waals surface area contributed by atoms with Crippen molar-refractivity contribution in [1.29, 1.82) is 0 Å². The molecule has 1 aliphatic rings. The zero-order chi connectivity index (χ0) is 24.8. The number of nitrogens with two attached hydrogens (primary N) is 1. The van der Waals surface area contributed by atoms with Crippen LogP contribution in [0.1, 0.15) is 51.3 Å². The maximum Gasteiger partial charge on any atom is 0.407 e. The monoisotopic (exact) mass is 466 g/mol. The second kappa shape index (κ2) is 11.2. The Hall–Kier alpha value is -3.39. The molecule has 0 saturated heterocycles. The summed E-state index contributed by atoms with van der Waals surface area (Å²) >= 11 is 0. The Morgan fingerprint density at radius 1 is 1.12 bits per heavy atom. The Labute approximate surface area is 200 Å². The summed E-state index contributed by atoms with van der Waals surface area (Å²) in [6.45, 7) is 8.01.